The SMILES string of the molecule is CCc1nn(-c2ccc(OC)cc2)c(CC)c1C(=O)N1CC[NH+](C)CC1. The number of ether oxygens (including phenoxy) is 1. The highest BCUT2D eigenvalue weighted by atomic mass is 16.5. The van der Waals surface area contributed by atoms with Crippen molar-refractivity contribution in [1.82, 2.24) is 14.7 Å². The number of quaternary nitrogens is 1. The monoisotopic (exact) mass is 357 g/mol. The van der Waals surface area contributed by atoms with E-state index in [1.165, 1.54) is 4.90 Å². The predicted molar refractivity (Wildman–Crippen MR) is 101 cm³/mol. The second-order valence-corrected chi connectivity index (χ2v) is 6.83. The van der Waals surface area contributed by atoms with Crippen molar-refractivity contribution in [2.24, 2.45) is 0 Å². The number of aryl methyl sites for hydroxylation is 1. The van der Waals surface area contributed by atoms with Crippen molar-refractivity contribution in [2.75, 3.05) is 40.3 Å². The van der Waals surface area contributed by atoms with Crippen LogP contribution >= 0.6 is 0 Å². The Balaban J connectivity index is 1.99. The van der Waals surface area contributed by atoms with Gasteiger partial charge in [0, 0.05) is 0 Å². The zero-order chi connectivity index (χ0) is 18.7. The zero-order valence-corrected chi connectivity index (χ0v) is 16.2. The fourth-order valence-electron chi connectivity index (χ4n) is 3.51. The van der Waals surface area contributed by atoms with Crippen LogP contribution in [0.25, 0.3) is 5.69 Å². The average Bonchev–Trinajstić information content (AvgIpc) is 3.06. The number of nitrogens with zero attached hydrogens (tertiary/aromatic N) is 3. The van der Waals surface area contributed by atoms with Crippen LogP contribution < -0.4 is 9.64 Å². The maximum absolute atomic E-state index is 13.3. The summed E-state index contributed by atoms with van der Waals surface area (Å²) in [6.45, 7) is 7.77. The first-order valence-corrected chi connectivity index (χ1v) is 9.44. The van der Waals surface area contributed by atoms with Crippen LogP contribution in [0, 0.1) is 0 Å². The molecule has 2 heterocycles. The van der Waals surface area contributed by atoms with E-state index in [0.29, 0.717) is 0 Å². The number of aromatic nitrogens is 2. The minimum Gasteiger partial charge on any atom is -0.497 e. The minimum absolute atomic E-state index is 0.131. The van der Waals surface area contributed by atoms with Crippen LogP contribution in [0.15, 0.2) is 24.3 Å². The van der Waals surface area contributed by atoms with Gasteiger partial charge in [0.2, 0.25) is 0 Å². The summed E-state index contributed by atoms with van der Waals surface area (Å²) in [6.07, 6.45) is 1.51. The Morgan fingerprint density at radius 2 is 1.81 bits per heavy atom. The maximum Gasteiger partial charge on any atom is 0.258 e. The lowest BCUT2D eigenvalue weighted by atomic mass is 10.1. The Hall–Kier alpha value is -2.34. The molecule has 140 valence electrons. The summed E-state index contributed by atoms with van der Waals surface area (Å²) in [6, 6.07) is 7.81. The van der Waals surface area contributed by atoms with Crippen LogP contribution in [0.4, 0.5) is 0 Å². The molecule has 6 nitrogen and oxygen atoms in total. The molecule has 0 atom stereocenters. The normalized spacial score (nSPS) is 15.3. The van der Waals surface area contributed by atoms with Gasteiger partial charge in [0.05, 0.1) is 63.0 Å². The van der Waals surface area contributed by atoms with E-state index in [1.54, 1.807) is 7.11 Å². The Morgan fingerprint density at radius 3 is 2.35 bits per heavy atom. The summed E-state index contributed by atoms with van der Waals surface area (Å²) in [5.41, 5.74) is 3.63. The molecule has 0 spiro atoms. The first kappa shape index (κ1) is 18.5. The number of hydrogen-bond donors (Lipinski definition) is 1. The molecule has 1 N–H and O–H groups in total. The molecule has 1 aliphatic heterocycles. The van der Waals surface area contributed by atoms with E-state index in [2.05, 4.69) is 20.9 Å². The summed E-state index contributed by atoms with van der Waals surface area (Å²) < 4.78 is 7.17. The Bertz CT molecular complexity index is 759. The van der Waals surface area contributed by atoms with Gasteiger partial charge in [-0.1, -0.05) is 13.8 Å². The van der Waals surface area contributed by atoms with Crippen molar-refractivity contribution in [3.8, 4) is 11.4 Å². The second-order valence-electron chi connectivity index (χ2n) is 6.83. The lowest BCUT2D eigenvalue weighted by molar-refractivity contribution is -0.883. The largest absolute Gasteiger partial charge is 0.497 e. The van der Waals surface area contributed by atoms with Gasteiger partial charge in [-0.05, 0) is 37.1 Å². The van der Waals surface area contributed by atoms with Crippen LogP contribution in [0.3, 0.4) is 0 Å². The molecule has 6 heteroatoms. The molecule has 1 aromatic heterocycles. The van der Waals surface area contributed by atoms with Crippen molar-refractivity contribution >= 4 is 5.91 Å². The molecular formula is C20H29N4O2+. The molecular weight excluding hydrogens is 328 g/mol. The van der Waals surface area contributed by atoms with Gasteiger partial charge in [-0.2, -0.15) is 5.10 Å². The molecule has 0 aliphatic carbocycles. The lowest BCUT2D eigenvalue weighted by Crippen LogP contribution is -3.12. The number of benzene rings is 1. The molecule has 0 saturated carbocycles. The van der Waals surface area contributed by atoms with Crippen molar-refractivity contribution in [3.05, 3.63) is 41.2 Å². The van der Waals surface area contributed by atoms with E-state index in [9.17, 15) is 4.79 Å². The van der Waals surface area contributed by atoms with Gasteiger partial charge in [0.1, 0.15) is 5.75 Å². The average molecular weight is 357 g/mol. The molecule has 1 aromatic carbocycles. The molecule has 0 radical (unpaired) electrons. The Labute approximate surface area is 155 Å². The highest BCUT2D eigenvalue weighted by Crippen LogP contribution is 2.23. The molecule has 3 rings (SSSR count). The molecule has 1 fully saturated rings. The fraction of sp³-hybridized carbons (Fsp3) is 0.500. The fourth-order valence-corrected chi connectivity index (χ4v) is 3.51. The van der Waals surface area contributed by atoms with Crippen molar-refractivity contribution < 1.29 is 14.4 Å². The zero-order valence-electron chi connectivity index (χ0n) is 16.2. The lowest BCUT2D eigenvalue weighted by Gasteiger charge is -2.30. The molecule has 1 saturated heterocycles. The first-order chi connectivity index (χ1) is 12.6. The topological polar surface area (TPSA) is 51.8 Å². The minimum atomic E-state index is 0.131. The van der Waals surface area contributed by atoms with Gasteiger partial charge in [-0.15, -0.1) is 0 Å². The van der Waals surface area contributed by atoms with Gasteiger partial charge >= 0.3 is 0 Å². The first-order valence-electron chi connectivity index (χ1n) is 9.44. The second kappa shape index (κ2) is 7.91. The standard InChI is InChI=1S/C20H28N4O2/c1-5-17-19(20(25)23-13-11-22(3)12-14-23)18(6-2)24(21-17)15-7-9-16(26-4)10-8-15/h7-10H,5-6,11-14H2,1-4H3/p+1. The predicted octanol–water partition coefficient (Wildman–Crippen LogP) is 0.976. The molecule has 1 aliphatic rings. The van der Waals surface area contributed by atoms with E-state index in [-0.39, 0.29) is 5.91 Å². The number of methoxy groups -OCH3 is 1. The summed E-state index contributed by atoms with van der Waals surface area (Å²) >= 11 is 0. The molecule has 26 heavy (non-hydrogen) atoms. The van der Waals surface area contributed by atoms with Gasteiger partial charge in [-0.25, -0.2) is 4.68 Å². The van der Waals surface area contributed by atoms with Gasteiger partial charge in [0.25, 0.3) is 5.91 Å². The van der Waals surface area contributed by atoms with Gasteiger partial charge < -0.3 is 14.5 Å². The van der Waals surface area contributed by atoms with Crippen molar-refractivity contribution in [1.29, 1.82) is 0 Å². The third kappa shape index (κ3) is 3.46. The highest BCUT2D eigenvalue weighted by Gasteiger charge is 2.29. The molecule has 2 aromatic rings. The quantitative estimate of drug-likeness (QED) is 0.868. The molecule has 1 amide bonds. The summed E-state index contributed by atoms with van der Waals surface area (Å²) in [4.78, 5) is 16.7. The van der Waals surface area contributed by atoms with E-state index in [1.807, 2.05) is 33.8 Å². The maximum atomic E-state index is 13.3. The summed E-state index contributed by atoms with van der Waals surface area (Å²) in [5, 5.41) is 4.78. The van der Waals surface area contributed by atoms with Crippen molar-refractivity contribution in [3.63, 3.8) is 0 Å². The summed E-state index contributed by atoms with van der Waals surface area (Å²) in [7, 11) is 3.84. The Kier molecular flexibility index (Phi) is 5.61. The van der Waals surface area contributed by atoms with Crippen LogP contribution in [-0.2, 0) is 12.8 Å². The van der Waals surface area contributed by atoms with E-state index in [4.69, 9.17) is 9.84 Å². The number of carbonyl (C=O) groups excluding carboxylic acids is 1. The van der Waals surface area contributed by atoms with Gasteiger partial charge in [-0.3, -0.25) is 4.79 Å². The van der Waals surface area contributed by atoms with E-state index < -0.39 is 0 Å². The van der Waals surface area contributed by atoms with Crippen LogP contribution in [-0.4, -0.2) is 60.9 Å². The smallest absolute Gasteiger partial charge is 0.258 e. The number of amides is 1. The van der Waals surface area contributed by atoms with Crippen LogP contribution in [0.2, 0.25) is 0 Å². The number of nitrogens with one attached hydrogen (secondary N) is 1. The van der Waals surface area contributed by atoms with Crippen molar-refractivity contribution in [2.45, 2.75) is 26.7 Å². The van der Waals surface area contributed by atoms with Crippen LogP contribution in [0.1, 0.15) is 35.6 Å². The van der Waals surface area contributed by atoms with Gasteiger partial charge in [0.15, 0.2) is 0 Å². The number of carbonyl (C=O) groups is 1. The Morgan fingerprint density at radius 1 is 1.15 bits per heavy atom. The third-order valence-electron chi connectivity index (χ3n) is 5.16. The van der Waals surface area contributed by atoms with E-state index in [0.717, 1.165) is 67.4 Å². The molecule has 0 bridgehead atoms. The van der Waals surface area contributed by atoms with E-state index >= 15 is 0 Å². The third-order valence-corrected chi connectivity index (χ3v) is 5.16. The number of piperazine rings is 1. The van der Waals surface area contributed by atoms with Crippen LogP contribution in [0.5, 0.6) is 5.75 Å². The number of likely N-dealkylation sites (N-methyl/N-ethyl adjacent to an activating group) is 1. The molecule has 0 unspecified atom stereocenters. The summed E-state index contributed by atoms with van der Waals surface area (Å²) in [5.74, 6) is 0.942. The number of rotatable bonds is 5. The number of hydrogen-bond acceptors (Lipinski definition) is 3. The highest BCUT2D eigenvalue weighted by molar-refractivity contribution is 5.96.